The van der Waals surface area contributed by atoms with Gasteiger partial charge in [0, 0.05) is 20.8 Å². The molecule has 1 unspecified atom stereocenters. The summed E-state index contributed by atoms with van der Waals surface area (Å²) >= 11 is 0. The van der Waals surface area contributed by atoms with Crippen LogP contribution in [0.1, 0.15) is 37.5 Å². The van der Waals surface area contributed by atoms with Crippen molar-refractivity contribution >= 4 is 17.9 Å². The van der Waals surface area contributed by atoms with Gasteiger partial charge in [0.15, 0.2) is 6.10 Å². The Balaban J connectivity index is 1.77. The van der Waals surface area contributed by atoms with Crippen molar-refractivity contribution in [2.75, 3.05) is 6.61 Å². The summed E-state index contributed by atoms with van der Waals surface area (Å²) in [5.74, 6) is -1.88. The van der Waals surface area contributed by atoms with E-state index >= 15 is 0 Å². The lowest BCUT2D eigenvalue weighted by Gasteiger charge is -2.37. The van der Waals surface area contributed by atoms with Crippen LogP contribution in [-0.2, 0) is 43.7 Å². The first-order valence-corrected chi connectivity index (χ1v) is 12.3. The second kappa shape index (κ2) is 12.0. The van der Waals surface area contributed by atoms with Crippen molar-refractivity contribution in [2.24, 2.45) is 0 Å². The van der Waals surface area contributed by atoms with Gasteiger partial charge in [-0.25, -0.2) is 0 Å². The lowest BCUT2D eigenvalue weighted by molar-refractivity contribution is -0.198. The van der Waals surface area contributed by atoms with Gasteiger partial charge in [-0.3, -0.25) is 14.4 Å². The average Bonchev–Trinajstić information content (AvgIpc) is 3.20. The van der Waals surface area contributed by atoms with Crippen molar-refractivity contribution in [1.82, 2.24) is 0 Å². The van der Waals surface area contributed by atoms with E-state index in [4.69, 9.17) is 23.7 Å². The zero-order valence-corrected chi connectivity index (χ0v) is 21.4. The summed E-state index contributed by atoms with van der Waals surface area (Å²) in [5, 5.41) is 0. The third-order valence-electron chi connectivity index (χ3n) is 6.16. The zero-order valence-electron chi connectivity index (χ0n) is 21.4. The highest BCUT2D eigenvalue weighted by molar-refractivity contribution is 5.68. The van der Waals surface area contributed by atoms with Gasteiger partial charge in [-0.2, -0.15) is 0 Å². The Kier molecular flexibility index (Phi) is 8.55. The second-order valence-corrected chi connectivity index (χ2v) is 8.89. The van der Waals surface area contributed by atoms with Gasteiger partial charge in [0.25, 0.3) is 0 Å². The number of esters is 3. The molecule has 0 spiro atoms. The minimum atomic E-state index is -1.27. The number of benzene rings is 3. The molecule has 38 heavy (non-hydrogen) atoms. The van der Waals surface area contributed by atoms with Crippen LogP contribution in [0, 0.1) is 0 Å². The molecule has 1 fully saturated rings. The van der Waals surface area contributed by atoms with Crippen molar-refractivity contribution in [1.29, 1.82) is 0 Å². The highest BCUT2D eigenvalue weighted by atomic mass is 16.8. The third-order valence-corrected chi connectivity index (χ3v) is 6.16. The fourth-order valence-corrected chi connectivity index (χ4v) is 4.71. The highest BCUT2D eigenvalue weighted by Crippen LogP contribution is 2.41. The molecule has 1 saturated heterocycles. The fourth-order valence-electron chi connectivity index (χ4n) is 4.71. The van der Waals surface area contributed by atoms with E-state index in [1.165, 1.54) is 20.8 Å². The predicted molar refractivity (Wildman–Crippen MR) is 137 cm³/mol. The molecule has 8 heteroatoms. The molecule has 1 aliphatic rings. The molecular formula is C30H30O8. The summed E-state index contributed by atoms with van der Waals surface area (Å²) < 4.78 is 28.9. The van der Waals surface area contributed by atoms with Crippen LogP contribution >= 0.6 is 0 Å². The van der Waals surface area contributed by atoms with E-state index in [0.717, 1.165) is 16.7 Å². The summed E-state index contributed by atoms with van der Waals surface area (Å²) in [6.07, 6.45) is -4.41. The molecule has 3 aromatic carbocycles. The molecule has 3 aromatic rings. The Morgan fingerprint density at radius 1 is 0.632 bits per heavy atom. The van der Waals surface area contributed by atoms with Crippen molar-refractivity contribution < 1.29 is 38.1 Å². The summed E-state index contributed by atoms with van der Waals surface area (Å²) in [5.41, 5.74) is 1.54. The molecule has 0 amide bonds. The Hall–Kier alpha value is -4.01. The molecular weight excluding hydrogens is 488 g/mol. The fraction of sp³-hybridized carbons (Fsp3) is 0.300. The van der Waals surface area contributed by atoms with Gasteiger partial charge in [-0.1, -0.05) is 91.0 Å². The van der Waals surface area contributed by atoms with Crippen molar-refractivity contribution in [3.63, 3.8) is 0 Å². The highest BCUT2D eigenvalue weighted by Gasteiger charge is 2.52. The molecule has 1 heterocycles. The van der Waals surface area contributed by atoms with Crippen molar-refractivity contribution in [3.05, 3.63) is 108 Å². The van der Waals surface area contributed by atoms with Crippen LogP contribution in [0.25, 0.3) is 0 Å². The second-order valence-electron chi connectivity index (χ2n) is 8.89. The van der Waals surface area contributed by atoms with E-state index in [-0.39, 0.29) is 6.61 Å². The van der Waals surface area contributed by atoms with E-state index < -0.39 is 48.1 Å². The lowest BCUT2D eigenvalue weighted by atomic mass is 9.80. The Morgan fingerprint density at radius 3 is 1.42 bits per heavy atom. The molecule has 4 atom stereocenters. The van der Waals surface area contributed by atoms with Crippen LogP contribution in [0.3, 0.4) is 0 Å². The predicted octanol–water partition coefficient (Wildman–Crippen LogP) is 4.15. The topological polar surface area (TPSA) is 97.4 Å². The van der Waals surface area contributed by atoms with Crippen LogP contribution in [-0.4, -0.2) is 49.1 Å². The normalized spacial score (nSPS) is 20.9. The van der Waals surface area contributed by atoms with E-state index in [2.05, 4.69) is 0 Å². The van der Waals surface area contributed by atoms with Gasteiger partial charge in [0.2, 0.25) is 12.4 Å². The molecule has 0 saturated carbocycles. The van der Waals surface area contributed by atoms with Gasteiger partial charge in [0.1, 0.15) is 11.7 Å². The Morgan fingerprint density at radius 2 is 1.03 bits per heavy atom. The van der Waals surface area contributed by atoms with Crippen molar-refractivity contribution in [3.8, 4) is 0 Å². The number of hydrogen-bond acceptors (Lipinski definition) is 8. The Labute approximate surface area is 221 Å². The molecule has 0 N–H and O–H groups in total. The van der Waals surface area contributed by atoms with Crippen LogP contribution in [0.5, 0.6) is 0 Å². The van der Waals surface area contributed by atoms with Crippen LogP contribution in [0.2, 0.25) is 0 Å². The van der Waals surface area contributed by atoms with Gasteiger partial charge >= 0.3 is 17.9 Å². The third kappa shape index (κ3) is 5.93. The summed E-state index contributed by atoms with van der Waals surface area (Å²) in [7, 11) is 0. The maximum absolute atomic E-state index is 12.0. The van der Waals surface area contributed by atoms with Gasteiger partial charge in [-0.15, -0.1) is 0 Å². The number of ether oxygens (including phenoxy) is 5. The summed E-state index contributed by atoms with van der Waals surface area (Å²) in [4.78, 5) is 35.6. The van der Waals surface area contributed by atoms with E-state index in [9.17, 15) is 14.4 Å². The summed E-state index contributed by atoms with van der Waals surface area (Å²) in [6, 6.07) is 29.2. The van der Waals surface area contributed by atoms with Gasteiger partial charge in [-0.05, 0) is 16.7 Å². The molecule has 0 aromatic heterocycles. The maximum atomic E-state index is 12.0. The monoisotopic (exact) mass is 518 g/mol. The molecule has 4 rings (SSSR count). The first-order valence-electron chi connectivity index (χ1n) is 12.3. The number of hydrogen-bond donors (Lipinski definition) is 0. The molecule has 8 nitrogen and oxygen atoms in total. The molecule has 0 bridgehead atoms. The maximum Gasteiger partial charge on any atom is 0.305 e. The first-order chi connectivity index (χ1) is 18.3. The van der Waals surface area contributed by atoms with E-state index in [0.29, 0.717) is 0 Å². The van der Waals surface area contributed by atoms with Crippen LogP contribution < -0.4 is 0 Å². The smallest absolute Gasteiger partial charge is 0.305 e. The first kappa shape index (κ1) is 27.0. The minimum Gasteiger partial charge on any atom is -0.455 e. The SMILES string of the molecule is CC(=O)OC1O[C@H](COC(c2ccccc2)(c2ccccc2)c2ccccc2)[C@H](OC(C)=O)[C@@H]1OC(C)=O. The number of carbonyl (C=O) groups excluding carboxylic acids is 3. The van der Waals surface area contributed by atoms with E-state index in [1.54, 1.807) is 0 Å². The molecule has 0 aliphatic carbocycles. The van der Waals surface area contributed by atoms with Gasteiger partial charge < -0.3 is 23.7 Å². The standard InChI is InChI=1S/C30H30O8/c1-20(31)35-27-26(38-29(37-22(3)33)28(27)36-21(2)32)19-34-30(23-13-7-4-8-14-23,24-15-9-5-10-16-24)25-17-11-6-12-18-25/h4-18,26-29H,19H2,1-3H3/t26-,27+,28+,29?/m1/s1. The van der Waals surface area contributed by atoms with Crippen molar-refractivity contribution in [2.45, 2.75) is 51.0 Å². The average molecular weight is 519 g/mol. The summed E-state index contributed by atoms with van der Waals surface area (Å²) in [6.45, 7) is 3.57. The van der Waals surface area contributed by atoms with Gasteiger partial charge in [0.05, 0.1) is 6.61 Å². The zero-order chi connectivity index (χ0) is 27.1. The molecule has 0 radical (unpaired) electrons. The largest absolute Gasteiger partial charge is 0.455 e. The molecule has 1 aliphatic heterocycles. The number of rotatable bonds is 9. The number of carbonyl (C=O) groups is 3. The lowest BCUT2D eigenvalue weighted by Crippen LogP contribution is -2.43. The van der Waals surface area contributed by atoms with Crippen LogP contribution in [0.15, 0.2) is 91.0 Å². The minimum absolute atomic E-state index is 0.0911. The Bertz CT molecular complexity index is 1130. The molecule has 198 valence electrons. The van der Waals surface area contributed by atoms with E-state index in [1.807, 2.05) is 91.0 Å². The quantitative estimate of drug-likeness (QED) is 0.237. The van der Waals surface area contributed by atoms with Crippen LogP contribution in [0.4, 0.5) is 0 Å².